The van der Waals surface area contributed by atoms with Crippen LogP contribution in [-0.2, 0) is 27.3 Å². The molecule has 10 heteroatoms. The van der Waals surface area contributed by atoms with Crippen LogP contribution >= 0.6 is 24.2 Å². The van der Waals surface area contributed by atoms with Gasteiger partial charge in [0.05, 0.1) is 6.04 Å². The number of fused-ring (bicyclic) bond motifs is 1. The number of phenols is 1. The van der Waals surface area contributed by atoms with Crippen LogP contribution in [0, 0.1) is 5.92 Å². The SMILES string of the molecule is CSCC[C@H](NC(=O)[C@H](Cc1ccccc1)NC(=O)[C@@H](NCc1c(O)ccc2ccccc12)C(C)C)C(=O)O.Cl. The number of carbonyl (C=O) groups is 3. The van der Waals surface area contributed by atoms with E-state index in [0.29, 0.717) is 11.3 Å². The fourth-order valence-electron chi connectivity index (χ4n) is 4.44. The zero-order chi connectivity index (χ0) is 28.4. The maximum Gasteiger partial charge on any atom is 0.326 e. The fraction of sp³-hybridized carbons (Fsp3) is 0.367. The number of thioether (sulfide) groups is 1. The van der Waals surface area contributed by atoms with Crippen LogP contribution in [0.15, 0.2) is 66.7 Å². The summed E-state index contributed by atoms with van der Waals surface area (Å²) in [6.07, 6.45) is 2.36. The molecule has 0 aliphatic carbocycles. The smallest absolute Gasteiger partial charge is 0.326 e. The van der Waals surface area contributed by atoms with Crippen molar-refractivity contribution in [2.75, 3.05) is 12.0 Å². The van der Waals surface area contributed by atoms with Crippen LogP contribution in [0.2, 0.25) is 0 Å². The number of aromatic hydroxyl groups is 1. The summed E-state index contributed by atoms with van der Waals surface area (Å²) in [4.78, 5) is 38.5. The molecule has 3 rings (SSSR count). The third kappa shape index (κ3) is 9.15. The largest absolute Gasteiger partial charge is 0.508 e. The number of carboxylic acid groups (broad SMARTS) is 1. The highest BCUT2D eigenvalue weighted by Gasteiger charge is 2.30. The minimum absolute atomic E-state index is 0. The Morgan fingerprint density at radius 2 is 1.52 bits per heavy atom. The van der Waals surface area contributed by atoms with Crippen LogP contribution < -0.4 is 16.0 Å². The summed E-state index contributed by atoms with van der Waals surface area (Å²) >= 11 is 1.50. The number of hydrogen-bond acceptors (Lipinski definition) is 6. The number of halogens is 1. The Morgan fingerprint density at radius 3 is 2.17 bits per heavy atom. The van der Waals surface area contributed by atoms with Crippen LogP contribution in [0.3, 0.4) is 0 Å². The molecular formula is C30H38ClN3O5S. The van der Waals surface area contributed by atoms with Gasteiger partial charge >= 0.3 is 5.97 Å². The average molecular weight is 588 g/mol. The Morgan fingerprint density at radius 1 is 0.875 bits per heavy atom. The molecule has 3 aromatic rings. The van der Waals surface area contributed by atoms with E-state index >= 15 is 0 Å². The van der Waals surface area contributed by atoms with E-state index in [1.54, 1.807) is 6.07 Å². The first-order valence-electron chi connectivity index (χ1n) is 13.0. The first kappa shape index (κ1) is 32.9. The quantitative estimate of drug-likeness (QED) is 0.192. The van der Waals surface area contributed by atoms with Crippen LogP contribution in [0.4, 0.5) is 0 Å². The summed E-state index contributed by atoms with van der Waals surface area (Å²) < 4.78 is 0. The van der Waals surface area contributed by atoms with Gasteiger partial charge in [0.25, 0.3) is 0 Å². The number of rotatable bonds is 14. The number of aliphatic carboxylic acids is 1. The normalized spacial score (nSPS) is 13.2. The molecule has 3 aromatic carbocycles. The zero-order valence-corrected chi connectivity index (χ0v) is 24.6. The lowest BCUT2D eigenvalue weighted by Crippen LogP contribution is -2.56. The molecule has 0 saturated heterocycles. The van der Waals surface area contributed by atoms with Gasteiger partial charge in [-0.05, 0) is 46.7 Å². The number of hydrogen-bond donors (Lipinski definition) is 5. The molecule has 0 saturated carbocycles. The Kier molecular flexibility index (Phi) is 13.3. The van der Waals surface area contributed by atoms with Crippen molar-refractivity contribution in [1.29, 1.82) is 0 Å². The average Bonchev–Trinajstić information content (AvgIpc) is 2.92. The van der Waals surface area contributed by atoms with Crippen LogP contribution in [0.25, 0.3) is 10.8 Å². The van der Waals surface area contributed by atoms with Gasteiger partial charge in [-0.2, -0.15) is 11.8 Å². The van der Waals surface area contributed by atoms with Crippen molar-refractivity contribution >= 4 is 52.7 Å². The molecule has 3 atom stereocenters. The topological polar surface area (TPSA) is 128 Å². The summed E-state index contributed by atoms with van der Waals surface area (Å²) in [6.45, 7) is 4.04. The van der Waals surface area contributed by atoms with Crippen LogP contribution in [0.5, 0.6) is 5.75 Å². The van der Waals surface area contributed by atoms with Gasteiger partial charge in [-0.25, -0.2) is 4.79 Å². The first-order chi connectivity index (χ1) is 18.7. The lowest BCUT2D eigenvalue weighted by Gasteiger charge is -2.26. The molecule has 0 bridgehead atoms. The maximum absolute atomic E-state index is 13.5. The van der Waals surface area contributed by atoms with Crippen molar-refractivity contribution < 1.29 is 24.6 Å². The molecule has 216 valence electrons. The van der Waals surface area contributed by atoms with Crippen molar-refractivity contribution in [2.24, 2.45) is 5.92 Å². The second kappa shape index (κ2) is 16.1. The Bertz CT molecular complexity index is 1270. The van der Waals surface area contributed by atoms with E-state index in [0.717, 1.165) is 16.3 Å². The number of carbonyl (C=O) groups excluding carboxylic acids is 2. The zero-order valence-electron chi connectivity index (χ0n) is 22.9. The second-order valence-electron chi connectivity index (χ2n) is 9.82. The van der Waals surface area contributed by atoms with Gasteiger partial charge in [0.15, 0.2) is 0 Å². The number of benzene rings is 3. The molecule has 0 unspecified atom stereocenters. The van der Waals surface area contributed by atoms with E-state index in [-0.39, 0.29) is 49.4 Å². The van der Waals surface area contributed by atoms with Gasteiger partial charge in [-0.3, -0.25) is 9.59 Å². The van der Waals surface area contributed by atoms with Gasteiger partial charge in [0.1, 0.15) is 17.8 Å². The molecule has 5 N–H and O–H groups in total. The molecule has 0 fully saturated rings. The number of phenolic OH excluding ortho intramolecular Hbond substituents is 1. The van der Waals surface area contributed by atoms with Crippen molar-refractivity contribution in [3.05, 3.63) is 77.9 Å². The minimum Gasteiger partial charge on any atom is -0.508 e. The third-order valence-electron chi connectivity index (χ3n) is 6.60. The van der Waals surface area contributed by atoms with Gasteiger partial charge in [-0.15, -0.1) is 12.4 Å². The van der Waals surface area contributed by atoms with Crippen LogP contribution in [-0.4, -0.2) is 58.1 Å². The standard InChI is InChI=1S/C30H37N3O5S.ClH/c1-19(2)27(31-18-23-22-12-8-7-11-21(22)13-14-26(23)34)29(36)33-25(17-20-9-5-4-6-10-20)28(35)32-24(30(37)38)15-16-39-3;/h4-14,19,24-25,27,31,34H,15-18H2,1-3H3,(H,32,35)(H,33,36)(H,37,38);1H/t24-,25-,27-;/m0./s1. The van der Waals surface area contributed by atoms with Gasteiger partial charge < -0.3 is 26.2 Å². The lowest BCUT2D eigenvalue weighted by atomic mass is 9.99. The molecule has 0 aliphatic heterocycles. The van der Waals surface area contributed by atoms with Crippen molar-refractivity contribution in [3.63, 3.8) is 0 Å². The predicted octanol–water partition coefficient (Wildman–Crippen LogP) is 4.13. The molecular weight excluding hydrogens is 550 g/mol. The molecule has 2 amide bonds. The Hall–Kier alpha value is -3.27. The van der Waals surface area contributed by atoms with Gasteiger partial charge in [0.2, 0.25) is 11.8 Å². The highest BCUT2D eigenvalue weighted by Crippen LogP contribution is 2.27. The van der Waals surface area contributed by atoms with Crippen molar-refractivity contribution in [2.45, 2.75) is 51.4 Å². The molecule has 40 heavy (non-hydrogen) atoms. The third-order valence-corrected chi connectivity index (χ3v) is 7.25. The molecule has 0 heterocycles. The highest BCUT2D eigenvalue weighted by atomic mass is 35.5. The Balaban J connectivity index is 0.00000560. The monoisotopic (exact) mass is 587 g/mol. The van der Waals surface area contributed by atoms with Crippen molar-refractivity contribution in [1.82, 2.24) is 16.0 Å². The van der Waals surface area contributed by atoms with E-state index in [1.807, 2.05) is 80.8 Å². The first-order valence-corrected chi connectivity index (χ1v) is 14.4. The van der Waals surface area contributed by atoms with Gasteiger partial charge in [-0.1, -0.05) is 74.5 Å². The van der Waals surface area contributed by atoms with E-state index in [2.05, 4.69) is 16.0 Å². The second-order valence-corrected chi connectivity index (χ2v) is 10.8. The Labute approximate surface area is 245 Å². The summed E-state index contributed by atoms with van der Waals surface area (Å²) in [5, 5.41) is 30.7. The fourth-order valence-corrected chi connectivity index (χ4v) is 4.91. The summed E-state index contributed by atoms with van der Waals surface area (Å²) in [7, 11) is 0. The highest BCUT2D eigenvalue weighted by molar-refractivity contribution is 7.98. The van der Waals surface area contributed by atoms with Crippen molar-refractivity contribution in [3.8, 4) is 5.75 Å². The van der Waals surface area contributed by atoms with E-state index in [1.165, 1.54) is 11.8 Å². The summed E-state index contributed by atoms with van der Waals surface area (Å²) in [5.74, 6) is -1.45. The van der Waals surface area contributed by atoms with E-state index in [9.17, 15) is 24.6 Å². The predicted molar refractivity (Wildman–Crippen MR) is 163 cm³/mol. The minimum atomic E-state index is -1.11. The molecule has 0 aromatic heterocycles. The molecule has 0 radical (unpaired) electrons. The number of nitrogens with one attached hydrogen (secondary N) is 3. The molecule has 8 nitrogen and oxygen atoms in total. The maximum atomic E-state index is 13.5. The summed E-state index contributed by atoms with van der Waals surface area (Å²) in [5.41, 5.74) is 1.52. The van der Waals surface area contributed by atoms with E-state index in [4.69, 9.17) is 0 Å². The lowest BCUT2D eigenvalue weighted by molar-refractivity contribution is -0.142. The molecule has 0 spiro atoms. The number of carboxylic acids is 1. The summed E-state index contributed by atoms with van der Waals surface area (Å²) in [6, 6.07) is 17.8. The van der Waals surface area contributed by atoms with Crippen LogP contribution in [0.1, 0.15) is 31.4 Å². The van der Waals surface area contributed by atoms with E-state index < -0.39 is 30.0 Å². The molecule has 0 aliphatic rings. The van der Waals surface area contributed by atoms with Gasteiger partial charge in [0, 0.05) is 18.5 Å². The number of amides is 2.